The van der Waals surface area contributed by atoms with E-state index >= 15 is 0 Å². The van der Waals surface area contributed by atoms with Gasteiger partial charge < -0.3 is 0 Å². The molecule has 0 unspecified atom stereocenters. The average molecular weight is 385 g/mol. The van der Waals surface area contributed by atoms with Crippen LogP contribution in [-0.4, -0.2) is 15.0 Å². The van der Waals surface area contributed by atoms with Gasteiger partial charge in [-0.1, -0.05) is 0 Å². The minimum absolute atomic E-state index is 0.302. The van der Waals surface area contributed by atoms with Crippen LogP contribution in [0.2, 0.25) is 0 Å². The monoisotopic (exact) mass is 386 g/mol. The number of rotatable bonds is 3. The summed E-state index contributed by atoms with van der Waals surface area (Å²) in [5.41, 5.74) is 5.14. The van der Waals surface area contributed by atoms with Crippen LogP contribution in [0.1, 0.15) is 16.7 Å². The zero-order valence-corrected chi connectivity index (χ0v) is 15.5. The first-order chi connectivity index (χ1) is 12.4. The van der Waals surface area contributed by atoms with Gasteiger partial charge in [-0.3, -0.25) is 0 Å². The molecular weight excluding hydrogens is 367 g/mol. The Balaban J connectivity index is 1.78. The SMILES string of the molecule is C(=C1C=C(c2ccccc2)[Se]C(c2ccccc2)=C1)c1ccccc1. The first-order valence-electron chi connectivity index (χ1n) is 8.37. The molecule has 1 heteroatoms. The average Bonchev–Trinajstić information content (AvgIpc) is 2.70. The molecule has 0 aromatic heterocycles. The van der Waals surface area contributed by atoms with Gasteiger partial charge in [-0.2, -0.15) is 0 Å². The van der Waals surface area contributed by atoms with Crippen molar-refractivity contribution in [2.45, 2.75) is 0 Å². The van der Waals surface area contributed by atoms with Crippen molar-refractivity contribution in [2.75, 3.05) is 0 Å². The van der Waals surface area contributed by atoms with E-state index in [-0.39, 0.29) is 0 Å². The van der Waals surface area contributed by atoms with E-state index in [1.54, 1.807) is 0 Å². The summed E-state index contributed by atoms with van der Waals surface area (Å²) in [6.45, 7) is 0. The van der Waals surface area contributed by atoms with Crippen molar-refractivity contribution in [3.63, 3.8) is 0 Å². The summed E-state index contributed by atoms with van der Waals surface area (Å²) in [4.78, 5) is 0. The third-order valence-electron chi connectivity index (χ3n) is 4.06. The van der Waals surface area contributed by atoms with E-state index in [9.17, 15) is 0 Å². The Hall–Kier alpha value is -2.60. The van der Waals surface area contributed by atoms with Crippen molar-refractivity contribution in [1.29, 1.82) is 0 Å². The predicted molar refractivity (Wildman–Crippen MR) is 109 cm³/mol. The van der Waals surface area contributed by atoms with E-state index in [4.69, 9.17) is 0 Å². The van der Waals surface area contributed by atoms with Gasteiger partial charge in [0.25, 0.3) is 0 Å². The number of hydrogen-bond donors (Lipinski definition) is 0. The van der Waals surface area contributed by atoms with Crippen LogP contribution in [0, 0.1) is 0 Å². The van der Waals surface area contributed by atoms with Gasteiger partial charge in [0.1, 0.15) is 0 Å². The van der Waals surface area contributed by atoms with E-state index in [0.717, 1.165) is 0 Å². The predicted octanol–water partition coefficient (Wildman–Crippen LogP) is 5.87. The molecule has 0 N–H and O–H groups in total. The molecule has 0 bridgehead atoms. The molecule has 0 aliphatic carbocycles. The maximum absolute atomic E-state index is 2.34. The molecule has 4 rings (SSSR count). The molecule has 0 atom stereocenters. The molecule has 1 heterocycles. The molecule has 3 aromatic carbocycles. The zero-order chi connectivity index (χ0) is 16.9. The van der Waals surface area contributed by atoms with Gasteiger partial charge in [-0.05, 0) is 0 Å². The van der Waals surface area contributed by atoms with Gasteiger partial charge in [-0.15, -0.1) is 0 Å². The van der Waals surface area contributed by atoms with Crippen molar-refractivity contribution >= 4 is 30.0 Å². The normalized spacial score (nSPS) is 13.8. The van der Waals surface area contributed by atoms with Crippen LogP contribution >= 0.6 is 0 Å². The second-order valence-corrected chi connectivity index (χ2v) is 8.18. The summed E-state index contributed by atoms with van der Waals surface area (Å²) in [5, 5.41) is 0. The molecule has 1 aliphatic rings. The molecular formula is C24H18Se. The Labute approximate surface area is 155 Å². The van der Waals surface area contributed by atoms with Gasteiger partial charge in [0.2, 0.25) is 0 Å². The van der Waals surface area contributed by atoms with E-state index in [0.29, 0.717) is 15.0 Å². The van der Waals surface area contributed by atoms with Gasteiger partial charge in [0, 0.05) is 0 Å². The Morgan fingerprint density at radius 2 is 0.960 bits per heavy atom. The van der Waals surface area contributed by atoms with Crippen LogP contribution in [0.5, 0.6) is 0 Å². The zero-order valence-electron chi connectivity index (χ0n) is 13.8. The van der Waals surface area contributed by atoms with Crippen LogP contribution in [0.15, 0.2) is 109 Å². The van der Waals surface area contributed by atoms with Crippen molar-refractivity contribution < 1.29 is 0 Å². The van der Waals surface area contributed by atoms with Crippen LogP contribution in [-0.2, 0) is 0 Å². The maximum atomic E-state index is 2.34. The van der Waals surface area contributed by atoms with Crippen LogP contribution < -0.4 is 0 Å². The van der Waals surface area contributed by atoms with Crippen LogP contribution in [0.4, 0.5) is 0 Å². The van der Waals surface area contributed by atoms with Gasteiger partial charge >= 0.3 is 155 Å². The van der Waals surface area contributed by atoms with Crippen molar-refractivity contribution in [3.05, 3.63) is 125 Å². The molecule has 0 nitrogen and oxygen atoms in total. The summed E-state index contributed by atoms with van der Waals surface area (Å²) in [5.74, 6) is 0. The molecule has 1 aliphatic heterocycles. The van der Waals surface area contributed by atoms with E-state index in [1.165, 1.54) is 31.2 Å². The first kappa shape index (κ1) is 15.9. The molecule has 120 valence electrons. The molecule has 0 fully saturated rings. The van der Waals surface area contributed by atoms with Crippen LogP contribution in [0.25, 0.3) is 15.0 Å². The Kier molecular flexibility index (Phi) is 4.79. The number of hydrogen-bond acceptors (Lipinski definition) is 0. The second kappa shape index (κ2) is 7.53. The fourth-order valence-corrected chi connectivity index (χ4v) is 5.22. The summed E-state index contributed by atoms with van der Waals surface area (Å²) < 4.78 is 2.85. The summed E-state index contributed by atoms with van der Waals surface area (Å²) in [7, 11) is 0. The molecule has 0 saturated carbocycles. The molecule has 0 radical (unpaired) electrons. The van der Waals surface area contributed by atoms with E-state index < -0.39 is 0 Å². The summed E-state index contributed by atoms with van der Waals surface area (Å²) in [6, 6.07) is 32.0. The van der Waals surface area contributed by atoms with Gasteiger partial charge in [0.15, 0.2) is 0 Å². The third-order valence-corrected chi connectivity index (χ3v) is 6.47. The number of benzene rings is 3. The van der Waals surface area contributed by atoms with Gasteiger partial charge in [-0.25, -0.2) is 0 Å². The molecule has 0 spiro atoms. The quantitative estimate of drug-likeness (QED) is 0.495. The molecule has 3 aromatic rings. The molecule has 0 amide bonds. The molecule has 25 heavy (non-hydrogen) atoms. The van der Waals surface area contributed by atoms with Crippen molar-refractivity contribution in [2.24, 2.45) is 0 Å². The summed E-state index contributed by atoms with van der Waals surface area (Å²) in [6.07, 6.45) is 6.95. The topological polar surface area (TPSA) is 0 Å². The third kappa shape index (κ3) is 3.91. The Morgan fingerprint density at radius 1 is 0.520 bits per heavy atom. The Bertz CT molecular complexity index is 876. The standard InChI is InChI=1S/C24H18Se/c1-4-10-19(11-5-1)16-20-17-23(21-12-6-2-7-13-21)25-24(18-20)22-14-8-3-9-15-22/h1-18H. The molecule has 0 saturated heterocycles. The van der Waals surface area contributed by atoms with E-state index in [1.807, 2.05) is 0 Å². The minimum atomic E-state index is 0.302. The summed E-state index contributed by atoms with van der Waals surface area (Å²) >= 11 is 0.302. The van der Waals surface area contributed by atoms with Crippen molar-refractivity contribution in [3.8, 4) is 0 Å². The second-order valence-electron chi connectivity index (χ2n) is 5.91. The Morgan fingerprint density at radius 3 is 1.44 bits per heavy atom. The fraction of sp³-hybridized carbons (Fsp3) is 0. The van der Waals surface area contributed by atoms with E-state index in [2.05, 4.69) is 109 Å². The van der Waals surface area contributed by atoms with Crippen LogP contribution in [0.3, 0.4) is 0 Å². The van der Waals surface area contributed by atoms with Gasteiger partial charge in [0.05, 0.1) is 0 Å². The number of allylic oxidation sites excluding steroid dienone is 3. The van der Waals surface area contributed by atoms with Crippen molar-refractivity contribution in [1.82, 2.24) is 0 Å². The fourth-order valence-electron chi connectivity index (χ4n) is 2.84. The first-order valence-corrected chi connectivity index (χ1v) is 10.1.